The summed E-state index contributed by atoms with van der Waals surface area (Å²) in [6.07, 6.45) is 5.23. The summed E-state index contributed by atoms with van der Waals surface area (Å²) in [5, 5.41) is 7.33. The fraction of sp³-hybridized carbons (Fsp3) is 0.650. The molecule has 0 unspecified atom stereocenters. The second-order valence-corrected chi connectivity index (χ2v) is 8.27. The Kier molecular flexibility index (Phi) is 9.16. The van der Waals surface area contributed by atoms with Crippen LogP contribution in [0.25, 0.3) is 0 Å². The second-order valence-electron chi connectivity index (χ2n) is 7.83. The van der Waals surface area contributed by atoms with Gasteiger partial charge in [-0.15, -0.1) is 24.8 Å². The number of carbonyl (C=O) groups is 1. The molecule has 4 rings (SSSR count). The third-order valence-corrected chi connectivity index (χ3v) is 6.43. The molecule has 2 N–H and O–H groups in total. The number of rotatable bonds is 5. The molecule has 3 fully saturated rings. The Bertz CT molecular complexity index is 649. The Labute approximate surface area is 184 Å². The molecule has 3 aliphatic heterocycles. The minimum Gasteiger partial charge on any atom is -0.484 e. The maximum Gasteiger partial charge on any atom is 0.257 e. The van der Waals surface area contributed by atoms with Gasteiger partial charge < -0.3 is 15.4 Å². The summed E-state index contributed by atoms with van der Waals surface area (Å²) in [4.78, 5) is 15.0. The van der Waals surface area contributed by atoms with Crippen molar-refractivity contribution in [3.63, 3.8) is 0 Å². The molecule has 2 bridgehead atoms. The largest absolute Gasteiger partial charge is 0.484 e. The van der Waals surface area contributed by atoms with Crippen LogP contribution in [-0.4, -0.2) is 55.7 Å². The van der Waals surface area contributed by atoms with Crippen molar-refractivity contribution in [1.29, 1.82) is 0 Å². The van der Waals surface area contributed by atoms with Crippen LogP contribution in [-0.2, 0) is 4.79 Å². The van der Waals surface area contributed by atoms with Crippen molar-refractivity contribution >= 4 is 42.3 Å². The standard InChI is InChI=1S/C20H28ClN3O2.2ClH/c21-16-4-3-5-17(9-16)26-13-20(25)23-12-19-15-8-14(10-22-11-15)18-6-1-2-7-24(18)19;;/h3-5,9,14-15,18-19,22H,1-2,6-8,10-13H2,(H,23,25);2*1H/t14-,15+,18+,19+;;/m1../s1. The first-order chi connectivity index (χ1) is 12.7. The van der Waals surface area contributed by atoms with Crippen LogP contribution in [0.3, 0.4) is 0 Å². The lowest BCUT2D eigenvalue weighted by Gasteiger charge is -2.55. The van der Waals surface area contributed by atoms with Crippen LogP contribution < -0.4 is 15.4 Å². The maximum absolute atomic E-state index is 12.3. The molecule has 0 spiro atoms. The minimum absolute atomic E-state index is 0. The van der Waals surface area contributed by atoms with E-state index in [1.54, 1.807) is 12.1 Å². The first-order valence-corrected chi connectivity index (χ1v) is 10.2. The summed E-state index contributed by atoms with van der Waals surface area (Å²) in [7, 11) is 0. The number of benzene rings is 1. The van der Waals surface area contributed by atoms with Crippen LogP contribution in [0, 0.1) is 11.8 Å². The van der Waals surface area contributed by atoms with E-state index in [4.69, 9.17) is 16.3 Å². The smallest absolute Gasteiger partial charge is 0.257 e. The van der Waals surface area contributed by atoms with Crippen molar-refractivity contribution in [2.75, 3.05) is 32.8 Å². The summed E-state index contributed by atoms with van der Waals surface area (Å²) in [6.45, 7) is 4.15. The van der Waals surface area contributed by atoms with E-state index in [-0.39, 0.29) is 37.3 Å². The number of hydrogen-bond acceptors (Lipinski definition) is 4. The van der Waals surface area contributed by atoms with Crippen LogP contribution in [0.15, 0.2) is 24.3 Å². The van der Waals surface area contributed by atoms with Crippen molar-refractivity contribution in [1.82, 2.24) is 15.5 Å². The SMILES string of the molecule is Cl.Cl.O=C(COc1cccc(Cl)c1)NC[C@H]1[C@@H]2CNC[C@@H](C2)[C@@H]2CCCCN21. The van der Waals surface area contributed by atoms with Gasteiger partial charge in [-0.2, -0.15) is 0 Å². The van der Waals surface area contributed by atoms with E-state index in [1.165, 1.54) is 32.2 Å². The van der Waals surface area contributed by atoms with Crippen LogP contribution >= 0.6 is 36.4 Å². The third-order valence-electron chi connectivity index (χ3n) is 6.20. The lowest BCUT2D eigenvalue weighted by molar-refractivity contribution is -0.124. The summed E-state index contributed by atoms with van der Waals surface area (Å²) in [5.41, 5.74) is 0. The number of nitrogens with one attached hydrogen (secondary N) is 2. The number of amides is 1. The van der Waals surface area contributed by atoms with E-state index in [0.717, 1.165) is 19.0 Å². The predicted octanol–water partition coefficient (Wildman–Crippen LogP) is 3.14. The Morgan fingerprint density at radius 2 is 2.07 bits per heavy atom. The Balaban J connectivity index is 0.00000140. The van der Waals surface area contributed by atoms with Gasteiger partial charge >= 0.3 is 0 Å². The van der Waals surface area contributed by atoms with Crippen LogP contribution in [0.4, 0.5) is 0 Å². The first kappa shape index (κ1) is 23.6. The molecular formula is C20H30Cl3N3O2. The second kappa shape index (κ2) is 10.9. The number of fused-ring (bicyclic) bond motifs is 4. The molecule has 0 aliphatic carbocycles. The van der Waals surface area contributed by atoms with Gasteiger partial charge in [0.15, 0.2) is 6.61 Å². The molecule has 28 heavy (non-hydrogen) atoms. The topological polar surface area (TPSA) is 53.6 Å². The van der Waals surface area contributed by atoms with Gasteiger partial charge in [0.2, 0.25) is 0 Å². The summed E-state index contributed by atoms with van der Waals surface area (Å²) in [6, 6.07) is 8.28. The normalized spacial score (nSPS) is 28.9. The van der Waals surface area contributed by atoms with E-state index in [1.807, 2.05) is 12.1 Å². The Hall–Kier alpha value is -0.720. The van der Waals surface area contributed by atoms with Gasteiger partial charge in [-0.25, -0.2) is 0 Å². The number of halogens is 3. The highest BCUT2D eigenvalue weighted by atomic mass is 35.5. The Morgan fingerprint density at radius 1 is 1.25 bits per heavy atom. The van der Waals surface area contributed by atoms with Gasteiger partial charge in [0, 0.05) is 23.7 Å². The van der Waals surface area contributed by atoms with E-state index in [2.05, 4.69) is 15.5 Å². The molecule has 4 atom stereocenters. The molecule has 3 aliphatic rings. The highest BCUT2D eigenvalue weighted by Crippen LogP contribution is 2.38. The Morgan fingerprint density at radius 3 is 2.89 bits per heavy atom. The average molecular weight is 451 g/mol. The molecule has 3 saturated heterocycles. The van der Waals surface area contributed by atoms with Crippen LogP contribution in [0.5, 0.6) is 5.75 Å². The van der Waals surface area contributed by atoms with Crippen molar-refractivity contribution in [3.8, 4) is 5.75 Å². The monoisotopic (exact) mass is 449 g/mol. The van der Waals surface area contributed by atoms with Gasteiger partial charge in [0.1, 0.15) is 5.75 Å². The van der Waals surface area contributed by atoms with E-state index < -0.39 is 0 Å². The number of hydrogen-bond donors (Lipinski definition) is 2. The quantitative estimate of drug-likeness (QED) is 0.723. The molecular weight excluding hydrogens is 421 g/mol. The lowest BCUT2D eigenvalue weighted by Crippen LogP contribution is -2.65. The third kappa shape index (κ3) is 5.45. The minimum atomic E-state index is -0.0653. The first-order valence-electron chi connectivity index (χ1n) is 9.82. The zero-order chi connectivity index (χ0) is 17.9. The van der Waals surface area contributed by atoms with Gasteiger partial charge in [-0.1, -0.05) is 24.1 Å². The zero-order valence-corrected chi connectivity index (χ0v) is 18.3. The lowest BCUT2D eigenvalue weighted by atomic mass is 9.73. The summed E-state index contributed by atoms with van der Waals surface area (Å²) in [5.74, 6) is 1.98. The molecule has 3 heterocycles. The average Bonchev–Trinajstić information content (AvgIpc) is 2.67. The van der Waals surface area contributed by atoms with Gasteiger partial charge in [0.05, 0.1) is 0 Å². The molecule has 1 amide bonds. The molecule has 0 aromatic heterocycles. The highest BCUT2D eigenvalue weighted by molar-refractivity contribution is 6.30. The van der Waals surface area contributed by atoms with Crippen molar-refractivity contribution in [3.05, 3.63) is 29.3 Å². The molecule has 8 heteroatoms. The number of carbonyl (C=O) groups excluding carboxylic acids is 1. The predicted molar refractivity (Wildman–Crippen MR) is 117 cm³/mol. The molecule has 0 radical (unpaired) electrons. The van der Waals surface area contributed by atoms with Crippen LogP contribution in [0.2, 0.25) is 5.02 Å². The number of nitrogens with zero attached hydrogens (tertiary/aromatic N) is 1. The molecule has 5 nitrogen and oxygen atoms in total. The molecule has 1 aromatic carbocycles. The summed E-state index contributed by atoms with van der Waals surface area (Å²) >= 11 is 5.95. The van der Waals surface area contributed by atoms with Crippen molar-refractivity contribution < 1.29 is 9.53 Å². The highest BCUT2D eigenvalue weighted by Gasteiger charge is 2.45. The van der Waals surface area contributed by atoms with Gasteiger partial charge in [0.25, 0.3) is 5.91 Å². The van der Waals surface area contributed by atoms with E-state index in [9.17, 15) is 4.79 Å². The maximum atomic E-state index is 12.3. The summed E-state index contributed by atoms with van der Waals surface area (Å²) < 4.78 is 5.55. The van der Waals surface area contributed by atoms with Gasteiger partial charge in [-0.3, -0.25) is 9.69 Å². The number of piperidine rings is 3. The molecule has 1 aromatic rings. The zero-order valence-electron chi connectivity index (χ0n) is 15.9. The fourth-order valence-electron chi connectivity index (χ4n) is 5.02. The number of ether oxygens (including phenoxy) is 1. The van der Waals surface area contributed by atoms with E-state index >= 15 is 0 Å². The van der Waals surface area contributed by atoms with Gasteiger partial charge in [-0.05, 0) is 68.9 Å². The van der Waals surface area contributed by atoms with Crippen LogP contribution in [0.1, 0.15) is 25.7 Å². The van der Waals surface area contributed by atoms with Crippen molar-refractivity contribution in [2.45, 2.75) is 37.8 Å². The molecule has 158 valence electrons. The molecule has 0 saturated carbocycles. The van der Waals surface area contributed by atoms with Crippen molar-refractivity contribution in [2.24, 2.45) is 11.8 Å². The fourth-order valence-corrected chi connectivity index (χ4v) is 5.20. The van der Waals surface area contributed by atoms with E-state index in [0.29, 0.717) is 35.3 Å².